The topological polar surface area (TPSA) is 102 Å². The molecule has 7 nitrogen and oxygen atoms in total. The zero-order valence-electron chi connectivity index (χ0n) is 8.33. The molecule has 1 heterocycles. The molecule has 2 rings (SSSR count). The summed E-state index contributed by atoms with van der Waals surface area (Å²) in [5.74, 6) is -0.966. The number of rotatable bonds is 3. The Balaban J connectivity index is 2.42. The highest BCUT2D eigenvalue weighted by atomic mass is 19.1. The molecular weight excluding hydrogens is 233 g/mol. The smallest absolute Gasteiger partial charge is 0.272 e. The van der Waals surface area contributed by atoms with Gasteiger partial charge in [-0.1, -0.05) is 5.16 Å². The number of aliphatic hydroxyl groups excluding tert-OH is 1. The molecule has 0 aliphatic heterocycles. The van der Waals surface area contributed by atoms with Crippen LogP contribution in [-0.2, 0) is 6.61 Å². The molecule has 0 unspecified atom stereocenters. The highest BCUT2D eigenvalue weighted by molar-refractivity contribution is 5.56. The fourth-order valence-corrected chi connectivity index (χ4v) is 1.22. The summed E-state index contributed by atoms with van der Waals surface area (Å²) in [4.78, 5) is 13.4. The molecule has 0 radical (unpaired) electrons. The third-order valence-electron chi connectivity index (χ3n) is 2.00. The van der Waals surface area contributed by atoms with Gasteiger partial charge in [0, 0.05) is 6.07 Å². The molecule has 1 N–H and O–H groups in total. The lowest BCUT2D eigenvalue weighted by Crippen LogP contribution is -1.91. The van der Waals surface area contributed by atoms with Crippen LogP contribution in [0, 0.1) is 15.9 Å². The molecule has 0 spiro atoms. The van der Waals surface area contributed by atoms with E-state index in [2.05, 4.69) is 10.1 Å². The van der Waals surface area contributed by atoms with E-state index in [0.717, 1.165) is 12.1 Å². The number of non-ortho nitro benzene ring substituents is 1. The van der Waals surface area contributed by atoms with Crippen LogP contribution >= 0.6 is 0 Å². The highest BCUT2D eigenvalue weighted by Crippen LogP contribution is 2.24. The summed E-state index contributed by atoms with van der Waals surface area (Å²) in [6.45, 7) is -0.432. The maximum atomic E-state index is 13.5. The van der Waals surface area contributed by atoms with Crippen LogP contribution in [0.1, 0.15) is 5.82 Å². The molecular formula is C9H6FN3O4. The van der Waals surface area contributed by atoms with Crippen LogP contribution in [0.25, 0.3) is 11.5 Å². The number of nitrogens with zero attached hydrogens (tertiary/aromatic N) is 3. The fraction of sp³-hybridized carbons (Fsp3) is 0.111. The minimum atomic E-state index is -0.840. The van der Waals surface area contributed by atoms with Crippen LogP contribution in [0.4, 0.5) is 10.1 Å². The molecule has 0 saturated carbocycles. The van der Waals surface area contributed by atoms with Gasteiger partial charge in [-0.2, -0.15) is 4.98 Å². The van der Waals surface area contributed by atoms with E-state index in [1.165, 1.54) is 6.07 Å². The van der Waals surface area contributed by atoms with E-state index < -0.39 is 17.3 Å². The van der Waals surface area contributed by atoms with Crippen molar-refractivity contribution in [3.8, 4) is 11.5 Å². The first-order chi connectivity index (χ1) is 8.11. The van der Waals surface area contributed by atoms with Crippen molar-refractivity contribution in [2.45, 2.75) is 6.61 Å². The predicted octanol–water partition coefficient (Wildman–Crippen LogP) is 1.28. The Morgan fingerprint density at radius 3 is 2.82 bits per heavy atom. The third kappa shape index (κ3) is 2.11. The Kier molecular flexibility index (Phi) is 2.79. The number of benzene rings is 1. The third-order valence-corrected chi connectivity index (χ3v) is 2.00. The van der Waals surface area contributed by atoms with E-state index in [1.54, 1.807) is 0 Å². The van der Waals surface area contributed by atoms with Crippen LogP contribution in [0.3, 0.4) is 0 Å². The number of nitro groups is 1. The normalized spacial score (nSPS) is 10.5. The van der Waals surface area contributed by atoms with Crippen molar-refractivity contribution in [1.82, 2.24) is 10.1 Å². The summed E-state index contributed by atoms with van der Waals surface area (Å²) in [5, 5.41) is 22.5. The quantitative estimate of drug-likeness (QED) is 0.639. The largest absolute Gasteiger partial charge is 0.388 e. The first-order valence-corrected chi connectivity index (χ1v) is 4.49. The van der Waals surface area contributed by atoms with Crippen molar-refractivity contribution in [2.75, 3.05) is 0 Å². The van der Waals surface area contributed by atoms with Crippen LogP contribution < -0.4 is 0 Å². The van der Waals surface area contributed by atoms with Gasteiger partial charge in [-0.15, -0.1) is 0 Å². The maximum absolute atomic E-state index is 13.5. The van der Waals surface area contributed by atoms with Gasteiger partial charge in [0.1, 0.15) is 12.4 Å². The number of halogens is 1. The summed E-state index contributed by atoms with van der Waals surface area (Å²) in [7, 11) is 0. The number of hydrogen-bond donors (Lipinski definition) is 1. The lowest BCUT2D eigenvalue weighted by Gasteiger charge is -1.96. The summed E-state index contributed by atoms with van der Waals surface area (Å²) >= 11 is 0. The number of nitro benzene ring substituents is 1. The van der Waals surface area contributed by atoms with E-state index in [4.69, 9.17) is 9.63 Å². The molecule has 88 valence electrons. The molecule has 0 fully saturated rings. The fourth-order valence-electron chi connectivity index (χ4n) is 1.22. The highest BCUT2D eigenvalue weighted by Gasteiger charge is 2.16. The monoisotopic (exact) mass is 239 g/mol. The minimum Gasteiger partial charge on any atom is -0.388 e. The second kappa shape index (κ2) is 4.26. The SMILES string of the molecule is O=[N+]([O-])c1ccc(-c2nc(CO)no2)c(F)c1. The molecule has 0 saturated heterocycles. The molecule has 0 aliphatic rings. The van der Waals surface area contributed by atoms with Crippen molar-refractivity contribution in [3.63, 3.8) is 0 Å². The molecule has 2 aromatic rings. The average molecular weight is 239 g/mol. The number of aromatic nitrogens is 2. The van der Waals surface area contributed by atoms with E-state index in [0.29, 0.717) is 0 Å². The summed E-state index contributed by atoms with van der Waals surface area (Å²) in [5.41, 5.74) is -0.420. The Bertz CT molecular complexity index is 569. The van der Waals surface area contributed by atoms with Gasteiger partial charge < -0.3 is 9.63 Å². The molecule has 1 aromatic heterocycles. The van der Waals surface area contributed by atoms with Gasteiger partial charge in [0.2, 0.25) is 0 Å². The molecule has 0 bridgehead atoms. The Hall–Kier alpha value is -2.35. The maximum Gasteiger partial charge on any atom is 0.272 e. The first kappa shape index (κ1) is 11.1. The van der Waals surface area contributed by atoms with Crippen molar-refractivity contribution < 1.29 is 18.9 Å². The standard InChI is InChI=1S/C9H6FN3O4/c10-7-3-5(13(15)16)1-2-6(7)9-11-8(4-14)12-17-9/h1-3,14H,4H2. The Labute approximate surface area is 93.7 Å². The van der Waals surface area contributed by atoms with Crippen molar-refractivity contribution in [1.29, 1.82) is 0 Å². The van der Waals surface area contributed by atoms with Gasteiger partial charge in [0.25, 0.3) is 11.6 Å². The van der Waals surface area contributed by atoms with E-state index >= 15 is 0 Å². The molecule has 0 atom stereocenters. The zero-order chi connectivity index (χ0) is 12.4. The second-order valence-corrected chi connectivity index (χ2v) is 3.10. The van der Waals surface area contributed by atoms with E-state index in [-0.39, 0.29) is 23.0 Å². The number of hydrogen-bond acceptors (Lipinski definition) is 6. The molecule has 17 heavy (non-hydrogen) atoms. The molecule has 0 aliphatic carbocycles. The van der Waals surface area contributed by atoms with E-state index in [9.17, 15) is 14.5 Å². The second-order valence-electron chi connectivity index (χ2n) is 3.10. The zero-order valence-corrected chi connectivity index (χ0v) is 8.33. The van der Waals surface area contributed by atoms with Crippen LogP contribution in [0.5, 0.6) is 0 Å². The van der Waals surface area contributed by atoms with E-state index in [1.807, 2.05) is 0 Å². The van der Waals surface area contributed by atoms with Crippen molar-refractivity contribution >= 4 is 5.69 Å². The van der Waals surface area contributed by atoms with Crippen LogP contribution in [-0.4, -0.2) is 20.2 Å². The van der Waals surface area contributed by atoms with Gasteiger partial charge in [-0.25, -0.2) is 4.39 Å². The molecule has 0 amide bonds. The summed E-state index contributed by atoms with van der Waals surface area (Å²) in [6, 6.07) is 3.06. The van der Waals surface area contributed by atoms with Gasteiger partial charge in [0.05, 0.1) is 16.6 Å². The predicted molar refractivity (Wildman–Crippen MR) is 52.3 cm³/mol. The van der Waals surface area contributed by atoms with Gasteiger partial charge in [-0.05, 0) is 6.07 Å². The van der Waals surface area contributed by atoms with Crippen molar-refractivity contribution in [3.05, 3.63) is 40.0 Å². The van der Waals surface area contributed by atoms with Gasteiger partial charge >= 0.3 is 0 Å². The first-order valence-electron chi connectivity index (χ1n) is 4.49. The van der Waals surface area contributed by atoms with Crippen molar-refractivity contribution in [2.24, 2.45) is 0 Å². The Morgan fingerprint density at radius 2 is 2.29 bits per heavy atom. The molecule has 8 heteroatoms. The lowest BCUT2D eigenvalue weighted by atomic mass is 10.2. The van der Waals surface area contributed by atoms with Gasteiger partial charge in [-0.3, -0.25) is 10.1 Å². The number of aliphatic hydroxyl groups is 1. The van der Waals surface area contributed by atoms with Crippen LogP contribution in [0.2, 0.25) is 0 Å². The summed E-state index contributed by atoms with van der Waals surface area (Å²) < 4.78 is 18.2. The van der Waals surface area contributed by atoms with Gasteiger partial charge in [0.15, 0.2) is 5.82 Å². The average Bonchev–Trinajstić information content (AvgIpc) is 2.77. The van der Waals surface area contributed by atoms with Crippen LogP contribution in [0.15, 0.2) is 22.7 Å². The minimum absolute atomic E-state index is 0.0118. The lowest BCUT2D eigenvalue weighted by molar-refractivity contribution is -0.385. The Morgan fingerprint density at radius 1 is 1.53 bits per heavy atom. The molecule has 1 aromatic carbocycles. The summed E-state index contributed by atoms with van der Waals surface area (Å²) in [6.07, 6.45) is 0.